The summed E-state index contributed by atoms with van der Waals surface area (Å²) >= 11 is 0. The first kappa shape index (κ1) is 18.1. The first-order valence-corrected chi connectivity index (χ1v) is 10.3. The van der Waals surface area contributed by atoms with Crippen LogP contribution in [0.3, 0.4) is 0 Å². The molecule has 0 radical (unpaired) electrons. The molecule has 0 spiro atoms. The van der Waals surface area contributed by atoms with Crippen LogP contribution < -0.4 is 5.73 Å². The van der Waals surface area contributed by atoms with E-state index < -0.39 is 10.0 Å². The van der Waals surface area contributed by atoms with Gasteiger partial charge in [0, 0.05) is 42.6 Å². The van der Waals surface area contributed by atoms with E-state index in [-0.39, 0.29) is 30.2 Å². The van der Waals surface area contributed by atoms with Gasteiger partial charge in [0.1, 0.15) is 0 Å². The Kier molecular flexibility index (Phi) is 4.72. The Morgan fingerprint density at radius 2 is 1.80 bits per heavy atom. The van der Waals surface area contributed by atoms with Gasteiger partial charge < -0.3 is 10.6 Å². The molecule has 25 heavy (non-hydrogen) atoms. The van der Waals surface area contributed by atoms with E-state index in [1.54, 1.807) is 0 Å². The lowest BCUT2D eigenvalue weighted by Gasteiger charge is -2.36. The van der Waals surface area contributed by atoms with E-state index in [4.69, 9.17) is 5.73 Å². The van der Waals surface area contributed by atoms with Gasteiger partial charge in [0.05, 0.1) is 12.7 Å². The number of hydrogen-bond donors (Lipinski definition) is 1. The molecular weight excluding hydrogens is 342 g/mol. The minimum absolute atomic E-state index is 0.00428. The number of carbonyl (C=O) groups excluding carboxylic acids is 1. The van der Waals surface area contributed by atoms with Gasteiger partial charge in [-0.05, 0) is 32.6 Å². The van der Waals surface area contributed by atoms with Crippen LogP contribution in [0.5, 0.6) is 0 Å². The smallest absolute Gasteiger partial charge is 0.227 e. The second-order valence-corrected chi connectivity index (χ2v) is 9.11. The molecule has 0 unspecified atom stereocenters. The molecule has 138 valence electrons. The van der Waals surface area contributed by atoms with Crippen LogP contribution in [0.4, 0.5) is 5.95 Å². The molecular formula is C16H25N5O3S. The van der Waals surface area contributed by atoms with Crippen LogP contribution in [0, 0.1) is 19.8 Å². The van der Waals surface area contributed by atoms with Gasteiger partial charge >= 0.3 is 0 Å². The number of anilines is 1. The van der Waals surface area contributed by atoms with E-state index in [0.29, 0.717) is 19.6 Å². The predicted molar refractivity (Wildman–Crippen MR) is 94.3 cm³/mol. The van der Waals surface area contributed by atoms with Crippen molar-refractivity contribution in [3.8, 4) is 0 Å². The maximum Gasteiger partial charge on any atom is 0.227 e. The van der Waals surface area contributed by atoms with E-state index >= 15 is 0 Å². The maximum absolute atomic E-state index is 12.9. The third kappa shape index (κ3) is 3.77. The zero-order valence-electron chi connectivity index (χ0n) is 14.9. The molecule has 3 saturated heterocycles. The van der Waals surface area contributed by atoms with Crippen molar-refractivity contribution in [2.45, 2.75) is 39.2 Å². The molecule has 0 aliphatic carbocycles. The Morgan fingerprint density at radius 3 is 2.40 bits per heavy atom. The standard InChI is InChI=1S/C16H25N5O3S/c1-10-14(11(2)19-16(17)18-10)6-15(22)21-8-12-4-5-13(21)9-20(7-12)25(3,23)24/h12-13H,4-9H2,1-3H3,(H2,17,18,19)/t12-,13+/m1/s1. The molecule has 0 aromatic carbocycles. The third-order valence-electron chi connectivity index (χ3n) is 5.24. The number of hydrogen-bond acceptors (Lipinski definition) is 6. The van der Waals surface area contributed by atoms with E-state index in [1.165, 1.54) is 10.6 Å². The second kappa shape index (κ2) is 6.53. The number of sulfonamides is 1. The number of aryl methyl sites for hydroxylation is 2. The highest BCUT2D eigenvalue weighted by atomic mass is 32.2. The molecule has 9 heteroatoms. The fourth-order valence-corrected chi connectivity index (χ4v) is 4.81. The van der Waals surface area contributed by atoms with Crippen LogP contribution in [-0.4, -0.2) is 65.4 Å². The number of piperidine rings is 1. The molecule has 1 aromatic rings. The number of fused-ring (bicyclic) bond motifs is 4. The highest BCUT2D eigenvalue weighted by Gasteiger charge is 2.39. The van der Waals surface area contributed by atoms with Crippen LogP contribution in [0.25, 0.3) is 0 Å². The Morgan fingerprint density at radius 1 is 1.16 bits per heavy atom. The molecule has 3 aliphatic rings. The van der Waals surface area contributed by atoms with Crippen molar-refractivity contribution in [1.82, 2.24) is 19.2 Å². The minimum atomic E-state index is -3.24. The predicted octanol–water partition coefficient (Wildman–Crippen LogP) is 0.101. The van der Waals surface area contributed by atoms with Gasteiger partial charge in [-0.15, -0.1) is 0 Å². The molecule has 2 bridgehead atoms. The topological polar surface area (TPSA) is 109 Å². The number of amides is 1. The molecule has 4 rings (SSSR count). The van der Waals surface area contributed by atoms with Crippen molar-refractivity contribution in [3.05, 3.63) is 17.0 Å². The fraction of sp³-hybridized carbons (Fsp3) is 0.688. The summed E-state index contributed by atoms with van der Waals surface area (Å²) in [7, 11) is -3.24. The van der Waals surface area contributed by atoms with E-state index in [2.05, 4.69) is 9.97 Å². The summed E-state index contributed by atoms with van der Waals surface area (Å²) in [6.45, 7) is 5.16. The van der Waals surface area contributed by atoms with Crippen molar-refractivity contribution in [2.24, 2.45) is 5.92 Å². The van der Waals surface area contributed by atoms with E-state index in [0.717, 1.165) is 29.8 Å². The molecule has 2 N–H and O–H groups in total. The fourth-order valence-electron chi connectivity index (χ4n) is 3.89. The number of nitrogens with two attached hydrogens (primary N) is 1. The van der Waals surface area contributed by atoms with Gasteiger partial charge in [-0.25, -0.2) is 18.4 Å². The van der Waals surface area contributed by atoms with Gasteiger partial charge in [-0.2, -0.15) is 4.31 Å². The SMILES string of the molecule is Cc1nc(N)nc(C)c1CC(=O)N1C[C@@H]2CC[C@H]1CN(S(C)(=O)=O)C2. The van der Waals surface area contributed by atoms with Crippen LogP contribution in [-0.2, 0) is 21.2 Å². The van der Waals surface area contributed by atoms with Gasteiger partial charge in [-0.3, -0.25) is 4.79 Å². The average molecular weight is 367 g/mol. The zero-order valence-corrected chi connectivity index (χ0v) is 15.7. The van der Waals surface area contributed by atoms with E-state index in [1.807, 2.05) is 18.7 Å². The van der Waals surface area contributed by atoms with Crippen molar-refractivity contribution in [3.63, 3.8) is 0 Å². The van der Waals surface area contributed by atoms with Gasteiger partial charge in [-0.1, -0.05) is 0 Å². The lowest BCUT2D eigenvalue weighted by atomic mass is 9.94. The lowest BCUT2D eigenvalue weighted by Crippen LogP contribution is -2.48. The van der Waals surface area contributed by atoms with Crippen LogP contribution in [0.1, 0.15) is 29.8 Å². The van der Waals surface area contributed by atoms with Crippen LogP contribution >= 0.6 is 0 Å². The summed E-state index contributed by atoms with van der Waals surface area (Å²) in [6.07, 6.45) is 3.27. The van der Waals surface area contributed by atoms with Crippen molar-refractivity contribution < 1.29 is 13.2 Å². The van der Waals surface area contributed by atoms with Crippen LogP contribution in [0.15, 0.2) is 0 Å². The lowest BCUT2D eigenvalue weighted by molar-refractivity contribution is -0.134. The summed E-state index contributed by atoms with van der Waals surface area (Å²) in [5, 5.41) is 0. The summed E-state index contributed by atoms with van der Waals surface area (Å²) in [5.41, 5.74) is 7.89. The monoisotopic (exact) mass is 367 g/mol. The van der Waals surface area contributed by atoms with Gasteiger partial charge in [0.2, 0.25) is 21.9 Å². The summed E-state index contributed by atoms with van der Waals surface area (Å²) in [6, 6.07) is -0.0590. The molecule has 4 heterocycles. The molecule has 3 aliphatic heterocycles. The van der Waals surface area contributed by atoms with Crippen molar-refractivity contribution in [1.29, 1.82) is 0 Å². The molecule has 1 aromatic heterocycles. The largest absolute Gasteiger partial charge is 0.368 e. The summed E-state index contributed by atoms with van der Waals surface area (Å²) in [4.78, 5) is 23.1. The highest BCUT2D eigenvalue weighted by molar-refractivity contribution is 7.88. The average Bonchev–Trinajstić information content (AvgIpc) is 2.82. The first-order valence-electron chi connectivity index (χ1n) is 8.49. The normalized spacial score (nSPS) is 24.4. The number of aromatic nitrogens is 2. The Hall–Kier alpha value is -1.74. The molecule has 8 nitrogen and oxygen atoms in total. The third-order valence-corrected chi connectivity index (χ3v) is 6.47. The van der Waals surface area contributed by atoms with Gasteiger partial charge in [0.25, 0.3) is 0 Å². The number of nitrogen functional groups attached to an aromatic ring is 1. The first-order chi connectivity index (χ1) is 11.6. The Balaban J connectivity index is 1.80. The second-order valence-electron chi connectivity index (χ2n) is 7.13. The summed E-state index contributed by atoms with van der Waals surface area (Å²) in [5.74, 6) is 0.413. The number of carbonyl (C=O) groups is 1. The number of rotatable bonds is 3. The van der Waals surface area contributed by atoms with E-state index in [9.17, 15) is 13.2 Å². The Bertz CT molecular complexity index is 772. The Labute approximate surface area is 148 Å². The number of nitrogens with zero attached hydrogens (tertiary/aromatic N) is 4. The zero-order chi connectivity index (χ0) is 18.4. The molecule has 0 saturated carbocycles. The maximum atomic E-state index is 12.9. The van der Waals surface area contributed by atoms with Crippen LogP contribution in [0.2, 0.25) is 0 Å². The summed E-state index contributed by atoms with van der Waals surface area (Å²) < 4.78 is 25.4. The van der Waals surface area contributed by atoms with Gasteiger partial charge in [0.15, 0.2) is 0 Å². The molecule has 2 atom stereocenters. The van der Waals surface area contributed by atoms with Crippen molar-refractivity contribution >= 4 is 21.9 Å². The minimum Gasteiger partial charge on any atom is -0.368 e. The van der Waals surface area contributed by atoms with Crippen molar-refractivity contribution in [2.75, 3.05) is 31.6 Å². The quantitative estimate of drug-likeness (QED) is 0.811. The molecule has 1 amide bonds. The molecule has 3 fully saturated rings. The highest BCUT2D eigenvalue weighted by Crippen LogP contribution is 2.30.